The lowest BCUT2D eigenvalue weighted by Gasteiger charge is -2.62. The maximum atomic E-state index is 12.2. The normalized spacial score (nSPS) is 45.1. The zero-order valence-electron chi connectivity index (χ0n) is 21.1. The fourth-order valence-corrected chi connectivity index (χ4v) is 9.49. The minimum absolute atomic E-state index is 0.0756. The first-order valence-electron chi connectivity index (χ1n) is 13.4. The van der Waals surface area contributed by atoms with Crippen LogP contribution in [0.25, 0.3) is 0 Å². The summed E-state index contributed by atoms with van der Waals surface area (Å²) < 4.78 is 30.5. The summed E-state index contributed by atoms with van der Waals surface area (Å²) in [6, 6.07) is 0. The van der Waals surface area contributed by atoms with E-state index in [0.717, 1.165) is 38.5 Å². The van der Waals surface area contributed by atoms with Crippen molar-refractivity contribution in [3.8, 4) is 0 Å². The average Bonchev–Trinajstić information content (AvgIpc) is 3.11. The van der Waals surface area contributed by atoms with Crippen LogP contribution in [-0.2, 0) is 14.9 Å². The molecule has 196 valence electrons. The van der Waals surface area contributed by atoms with Gasteiger partial charge in [0.2, 0.25) is 5.91 Å². The van der Waals surface area contributed by atoms with E-state index < -0.39 is 15.9 Å². The van der Waals surface area contributed by atoms with E-state index in [1.165, 1.54) is 12.8 Å². The van der Waals surface area contributed by atoms with Gasteiger partial charge in [0.25, 0.3) is 10.1 Å². The van der Waals surface area contributed by atoms with Crippen molar-refractivity contribution in [1.82, 2.24) is 5.32 Å². The molecule has 0 aromatic rings. The van der Waals surface area contributed by atoms with Gasteiger partial charge in [-0.2, -0.15) is 8.42 Å². The van der Waals surface area contributed by atoms with Crippen molar-refractivity contribution in [3.05, 3.63) is 0 Å². The van der Waals surface area contributed by atoms with Crippen molar-refractivity contribution in [3.63, 3.8) is 0 Å². The van der Waals surface area contributed by atoms with Crippen LogP contribution >= 0.6 is 0 Å². The summed E-state index contributed by atoms with van der Waals surface area (Å²) in [5.41, 5.74) is 0.105. The van der Waals surface area contributed by atoms with E-state index in [-0.39, 0.29) is 35.5 Å². The Morgan fingerprint density at radius 1 is 1.06 bits per heavy atom. The van der Waals surface area contributed by atoms with Gasteiger partial charge >= 0.3 is 0 Å². The topological polar surface area (TPSA) is 124 Å². The van der Waals surface area contributed by atoms with E-state index in [4.69, 9.17) is 4.55 Å². The molecule has 8 heteroatoms. The molecule has 0 bridgehead atoms. The zero-order chi connectivity index (χ0) is 24.9. The Labute approximate surface area is 205 Å². The van der Waals surface area contributed by atoms with Crippen LogP contribution in [0.4, 0.5) is 0 Å². The molecule has 0 heterocycles. The fraction of sp³-hybridized carbons (Fsp3) is 0.962. The maximum Gasteiger partial charge on any atom is 0.266 e. The second-order valence-electron chi connectivity index (χ2n) is 12.5. The van der Waals surface area contributed by atoms with Gasteiger partial charge in [0.1, 0.15) is 0 Å². The highest BCUT2D eigenvalue weighted by atomic mass is 32.2. The summed E-state index contributed by atoms with van der Waals surface area (Å²) in [4.78, 5) is 12.2. The molecule has 4 aliphatic rings. The Hall–Kier alpha value is -0.700. The van der Waals surface area contributed by atoms with E-state index >= 15 is 0 Å². The lowest BCUT2D eigenvalue weighted by atomic mass is 9.43. The molecule has 4 rings (SSSR count). The van der Waals surface area contributed by atoms with Crippen LogP contribution < -0.4 is 5.32 Å². The van der Waals surface area contributed by atoms with Gasteiger partial charge in [-0.3, -0.25) is 9.35 Å². The third-order valence-electron chi connectivity index (χ3n) is 11.0. The number of aliphatic hydroxyl groups is 2. The monoisotopic (exact) mass is 499 g/mol. The van der Waals surface area contributed by atoms with Crippen LogP contribution in [0.5, 0.6) is 0 Å². The fourth-order valence-electron chi connectivity index (χ4n) is 9.13. The van der Waals surface area contributed by atoms with Gasteiger partial charge < -0.3 is 15.5 Å². The quantitative estimate of drug-likeness (QED) is 0.398. The Bertz CT molecular complexity index is 863. The molecule has 34 heavy (non-hydrogen) atoms. The molecule has 0 aromatic heterocycles. The zero-order valence-corrected chi connectivity index (χ0v) is 21.9. The molecule has 1 amide bonds. The molecule has 0 aromatic carbocycles. The van der Waals surface area contributed by atoms with Gasteiger partial charge in [-0.05, 0) is 104 Å². The Balaban J connectivity index is 1.40. The Morgan fingerprint density at radius 2 is 1.79 bits per heavy atom. The molecule has 0 saturated heterocycles. The Kier molecular flexibility index (Phi) is 7.47. The minimum atomic E-state index is -4.07. The first-order valence-corrected chi connectivity index (χ1v) is 15.0. The van der Waals surface area contributed by atoms with Crippen molar-refractivity contribution in [1.29, 1.82) is 0 Å². The Morgan fingerprint density at radius 3 is 2.50 bits per heavy atom. The second kappa shape index (κ2) is 9.64. The van der Waals surface area contributed by atoms with Crippen molar-refractivity contribution < 1.29 is 28.0 Å². The molecule has 0 radical (unpaired) electrons. The van der Waals surface area contributed by atoms with Crippen molar-refractivity contribution in [2.45, 2.75) is 97.2 Å². The van der Waals surface area contributed by atoms with Crippen LogP contribution in [0.1, 0.15) is 85.0 Å². The number of hydrogen-bond donors (Lipinski definition) is 4. The standard InChI is InChI=1S/C26H45NO6S/c1-16(4-9-24(30)27-12-13-34(31,32)33)20-7-8-21-19-6-5-17-14-18(28)10-11-25(17,2)22(19)15-23(29)26(20,21)3/h16-23,28-29H,4-15H2,1-3H3,(H,27,30)(H,31,32,33)/t16-,17+,18-,19-,20-,21-,22-,23+,25+,26-/m1/s1. The molecular weight excluding hydrogens is 454 g/mol. The summed E-state index contributed by atoms with van der Waals surface area (Å²) in [5.74, 6) is 2.28. The lowest BCUT2D eigenvalue weighted by molar-refractivity contribution is -0.174. The van der Waals surface area contributed by atoms with E-state index in [1.54, 1.807) is 0 Å². The predicted molar refractivity (Wildman–Crippen MR) is 130 cm³/mol. The molecule has 0 aliphatic heterocycles. The number of amides is 1. The summed E-state index contributed by atoms with van der Waals surface area (Å²) in [5, 5.41) is 24.5. The molecule has 0 spiro atoms. The predicted octanol–water partition coefficient (Wildman–Crippen LogP) is 3.40. The summed E-state index contributed by atoms with van der Waals surface area (Å²) in [6.07, 6.45) is 8.93. The van der Waals surface area contributed by atoms with Gasteiger partial charge in [0.15, 0.2) is 0 Å². The highest BCUT2D eigenvalue weighted by Crippen LogP contribution is 2.68. The molecule has 0 unspecified atom stereocenters. The summed E-state index contributed by atoms with van der Waals surface area (Å²) in [7, 11) is -4.07. The van der Waals surface area contributed by atoms with Crippen molar-refractivity contribution >= 4 is 16.0 Å². The number of fused-ring (bicyclic) bond motifs is 5. The van der Waals surface area contributed by atoms with Gasteiger partial charge in [-0.15, -0.1) is 0 Å². The van der Waals surface area contributed by atoms with Crippen molar-refractivity contribution in [2.75, 3.05) is 12.3 Å². The SMILES string of the molecule is C[C@H](CCC(=O)NCCS(=O)(=O)O)[C@H]1CC[C@@H]2[C@H]3CC[C@H]4C[C@H](O)CC[C@]4(C)[C@@H]3C[C@H](O)[C@@]21C. The van der Waals surface area contributed by atoms with Gasteiger partial charge in [0.05, 0.1) is 18.0 Å². The molecule has 7 nitrogen and oxygen atoms in total. The third kappa shape index (κ3) is 4.81. The number of hydrogen-bond acceptors (Lipinski definition) is 5. The van der Waals surface area contributed by atoms with Crippen LogP contribution in [-0.4, -0.2) is 53.6 Å². The van der Waals surface area contributed by atoms with Crippen LogP contribution in [0, 0.1) is 46.3 Å². The molecule has 4 N–H and O–H groups in total. The van der Waals surface area contributed by atoms with Gasteiger partial charge in [0, 0.05) is 13.0 Å². The smallest absolute Gasteiger partial charge is 0.266 e. The molecule has 4 aliphatic carbocycles. The van der Waals surface area contributed by atoms with Gasteiger partial charge in [-0.25, -0.2) is 0 Å². The highest BCUT2D eigenvalue weighted by molar-refractivity contribution is 7.85. The lowest BCUT2D eigenvalue weighted by Crippen LogP contribution is -2.58. The molecule has 4 saturated carbocycles. The van der Waals surface area contributed by atoms with Crippen LogP contribution in [0.2, 0.25) is 0 Å². The van der Waals surface area contributed by atoms with E-state index in [1.807, 2.05) is 0 Å². The number of carbonyl (C=O) groups is 1. The molecular formula is C26H45NO6S. The number of carbonyl (C=O) groups excluding carboxylic acids is 1. The van der Waals surface area contributed by atoms with Crippen LogP contribution in [0.3, 0.4) is 0 Å². The average molecular weight is 500 g/mol. The third-order valence-corrected chi connectivity index (χ3v) is 11.7. The first kappa shape index (κ1) is 26.4. The van der Waals surface area contributed by atoms with Crippen molar-refractivity contribution in [2.24, 2.45) is 46.3 Å². The highest BCUT2D eigenvalue weighted by Gasteiger charge is 2.63. The number of rotatable bonds is 7. The van der Waals surface area contributed by atoms with E-state index in [0.29, 0.717) is 48.3 Å². The molecule has 10 atom stereocenters. The maximum absolute atomic E-state index is 12.2. The minimum Gasteiger partial charge on any atom is -0.393 e. The largest absolute Gasteiger partial charge is 0.393 e. The van der Waals surface area contributed by atoms with E-state index in [9.17, 15) is 23.4 Å². The summed E-state index contributed by atoms with van der Waals surface area (Å²) in [6.45, 7) is 6.86. The second-order valence-corrected chi connectivity index (χ2v) is 14.1. The first-order chi connectivity index (χ1) is 15.9. The van der Waals surface area contributed by atoms with Crippen LogP contribution in [0.15, 0.2) is 0 Å². The summed E-state index contributed by atoms with van der Waals surface area (Å²) >= 11 is 0. The van der Waals surface area contributed by atoms with Gasteiger partial charge in [-0.1, -0.05) is 20.8 Å². The number of nitrogens with one attached hydrogen (secondary N) is 1. The molecule has 4 fully saturated rings. The number of aliphatic hydroxyl groups excluding tert-OH is 2. The van der Waals surface area contributed by atoms with E-state index in [2.05, 4.69) is 26.1 Å².